The average molecular weight is 390 g/mol. The van der Waals surface area contributed by atoms with Gasteiger partial charge in [-0.25, -0.2) is 0 Å². The van der Waals surface area contributed by atoms with Gasteiger partial charge >= 0.3 is 0 Å². The van der Waals surface area contributed by atoms with E-state index in [0.717, 1.165) is 16.5 Å². The number of hydrogen-bond donors (Lipinski definition) is 2. The van der Waals surface area contributed by atoms with Crippen LogP contribution in [0.25, 0.3) is 0 Å². The number of nitrogens with one attached hydrogen (secondary N) is 2. The van der Waals surface area contributed by atoms with E-state index >= 15 is 0 Å². The first-order valence-electron chi connectivity index (χ1n) is 7.84. The highest BCUT2D eigenvalue weighted by molar-refractivity contribution is 9.10. The summed E-state index contributed by atoms with van der Waals surface area (Å²) in [6, 6.07) is 11.4. The maximum absolute atomic E-state index is 11.8. The van der Waals surface area contributed by atoms with Gasteiger partial charge in [-0.2, -0.15) is 0 Å². The average Bonchev–Trinajstić information content (AvgIpc) is 2.61. The summed E-state index contributed by atoms with van der Waals surface area (Å²) in [7, 11) is 0. The van der Waals surface area contributed by atoms with Crippen LogP contribution in [-0.2, 0) is 11.2 Å². The van der Waals surface area contributed by atoms with Crippen LogP contribution in [0.2, 0.25) is 0 Å². The lowest BCUT2D eigenvalue weighted by Crippen LogP contribution is -2.30. The Kier molecular flexibility index (Phi) is 7.42. The van der Waals surface area contributed by atoms with Crippen LogP contribution in [0.5, 0.6) is 0 Å². The summed E-state index contributed by atoms with van der Waals surface area (Å²) in [6.45, 7) is 1.06. The zero-order chi connectivity index (χ0) is 17.2. The lowest BCUT2D eigenvalue weighted by Gasteiger charge is -2.07. The predicted molar refractivity (Wildman–Crippen MR) is 96.7 cm³/mol. The number of halogens is 1. The molecular formula is C18H20BrN3O2. The highest BCUT2D eigenvalue weighted by Crippen LogP contribution is 2.11. The van der Waals surface area contributed by atoms with Crippen LogP contribution in [0.15, 0.2) is 53.3 Å². The van der Waals surface area contributed by atoms with Crippen LogP contribution < -0.4 is 10.6 Å². The van der Waals surface area contributed by atoms with Crippen molar-refractivity contribution in [3.05, 3.63) is 64.4 Å². The van der Waals surface area contributed by atoms with E-state index in [2.05, 4.69) is 31.5 Å². The second-order valence-corrected chi connectivity index (χ2v) is 6.24. The molecule has 2 amide bonds. The maximum Gasteiger partial charge on any atom is 0.252 e. The number of carbonyl (C=O) groups excluding carboxylic acids is 2. The molecule has 0 saturated carbocycles. The first-order valence-corrected chi connectivity index (χ1v) is 8.64. The summed E-state index contributed by atoms with van der Waals surface area (Å²) >= 11 is 3.39. The molecule has 5 nitrogen and oxygen atoms in total. The summed E-state index contributed by atoms with van der Waals surface area (Å²) in [4.78, 5) is 27.5. The summed E-state index contributed by atoms with van der Waals surface area (Å²) < 4.78 is 1.03. The fourth-order valence-electron chi connectivity index (χ4n) is 2.11. The van der Waals surface area contributed by atoms with Gasteiger partial charge in [-0.1, -0.05) is 28.1 Å². The second kappa shape index (κ2) is 9.82. The minimum absolute atomic E-state index is 0.0245. The third-order valence-electron chi connectivity index (χ3n) is 3.44. The van der Waals surface area contributed by atoms with Crippen LogP contribution in [0.4, 0.5) is 0 Å². The molecule has 126 valence electrons. The van der Waals surface area contributed by atoms with Gasteiger partial charge in [-0.15, -0.1) is 0 Å². The third-order valence-corrected chi connectivity index (χ3v) is 3.97. The standard InChI is InChI=1S/C18H20BrN3O2/c19-16-7-4-14(5-8-16)6-9-17(23)21-11-2-12-22-18(24)15-3-1-10-20-13-15/h1,3-5,7-8,10,13H,2,6,9,11-12H2,(H,21,23)(H,22,24). The lowest BCUT2D eigenvalue weighted by molar-refractivity contribution is -0.121. The van der Waals surface area contributed by atoms with Crippen LogP contribution in [-0.4, -0.2) is 29.9 Å². The fraction of sp³-hybridized carbons (Fsp3) is 0.278. The first-order chi connectivity index (χ1) is 11.6. The van der Waals surface area contributed by atoms with Crippen molar-refractivity contribution in [2.75, 3.05) is 13.1 Å². The molecule has 0 aliphatic rings. The van der Waals surface area contributed by atoms with Crippen molar-refractivity contribution in [3.63, 3.8) is 0 Å². The number of carbonyl (C=O) groups is 2. The van der Waals surface area contributed by atoms with Crippen molar-refractivity contribution in [2.45, 2.75) is 19.3 Å². The Morgan fingerprint density at radius 1 is 1.04 bits per heavy atom. The van der Waals surface area contributed by atoms with Crippen molar-refractivity contribution in [1.29, 1.82) is 0 Å². The number of hydrogen-bond acceptors (Lipinski definition) is 3. The fourth-order valence-corrected chi connectivity index (χ4v) is 2.38. The van der Waals surface area contributed by atoms with Crippen molar-refractivity contribution >= 4 is 27.7 Å². The van der Waals surface area contributed by atoms with Gasteiger partial charge in [0.2, 0.25) is 5.91 Å². The molecule has 0 atom stereocenters. The van der Waals surface area contributed by atoms with Crippen molar-refractivity contribution < 1.29 is 9.59 Å². The quantitative estimate of drug-likeness (QED) is 0.681. The van der Waals surface area contributed by atoms with Gasteiger partial charge in [0.05, 0.1) is 5.56 Å². The van der Waals surface area contributed by atoms with Crippen molar-refractivity contribution in [3.8, 4) is 0 Å². The summed E-state index contributed by atoms with van der Waals surface area (Å²) in [6.07, 6.45) is 5.02. The molecule has 0 aliphatic heterocycles. The van der Waals surface area contributed by atoms with Gasteiger partial charge in [0.15, 0.2) is 0 Å². The lowest BCUT2D eigenvalue weighted by atomic mass is 10.1. The number of aryl methyl sites for hydroxylation is 1. The molecule has 2 rings (SSSR count). The molecular weight excluding hydrogens is 370 g/mol. The number of pyridine rings is 1. The molecule has 0 spiro atoms. The molecule has 0 unspecified atom stereocenters. The summed E-state index contributed by atoms with van der Waals surface area (Å²) in [5, 5.41) is 5.67. The number of aromatic nitrogens is 1. The second-order valence-electron chi connectivity index (χ2n) is 5.33. The van der Waals surface area contributed by atoms with E-state index in [1.54, 1.807) is 18.3 Å². The van der Waals surface area contributed by atoms with Crippen molar-refractivity contribution in [1.82, 2.24) is 15.6 Å². The van der Waals surface area contributed by atoms with E-state index in [-0.39, 0.29) is 11.8 Å². The van der Waals surface area contributed by atoms with Crippen LogP contribution >= 0.6 is 15.9 Å². The normalized spacial score (nSPS) is 10.2. The topological polar surface area (TPSA) is 71.1 Å². The molecule has 0 aliphatic carbocycles. The molecule has 1 aromatic heterocycles. The molecule has 6 heteroatoms. The Hall–Kier alpha value is -2.21. The van der Waals surface area contributed by atoms with Gasteiger partial charge < -0.3 is 10.6 Å². The van der Waals surface area contributed by atoms with E-state index in [0.29, 0.717) is 31.5 Å². The Bertz CT molecular complexity index is 660. The van der Waals surface area contributed by atoms with Crippen molar-refractivity contribution in [2.24, 2.45) is 0 Å². The predicted octanol–water partition coefficient (Wildman–Crippen LogP) is 2.71. The van der Waals surface area contributed by atoms with Crippen LogP contribution in [0, 0.1) is 0 Å². The molecule has 0 radical (unpaired) electrons. The number of nitrogens with zero attached hydrogens (tertiary/aromatic N) is 1. The summed E-state index contributed by atoms with van der Waals surface area (Å²) in [5.41, 5.74) is 1.67. The van der Waals surface area contributed by atoms with E-state index in [1.165, 1.54) is 6.20 Å². The molecule has 2 aromatic rings. The first kappa shape index (κ1) is 18.1. The molecule has 0 saturated heterocycles. The third kappa shape index (κ3) is 6.50. The van der Waals surface area contributed by atoms with E-state index < -0.39 is 0 Å². The number of benzene rings is 1. The van der Waals surface area contributed by atoms with E-state index in [9.17, 15) is 9.59 Å². The Balaban J connectivity index is 1.56. The SMILES string of the molecule is O=C(CCc1ccc(Br)cc1)NCCCNC(=O)c1cccnc1. The van der Waals surface area contributed by atoms with Gasteiger partial charge in [0.1, 0.15) is 0 Å². The molecule has 1 aromatic carbocycles. The highest BCUT2D eigenvalue weighted by Gasteiger charge is 2.04. The number of rotatable bonds is 8. The summed E-state index contributed by atoms with van der Waals surface area (Å²) in [5.74, 6) is -0.124. The monoisotopic (exact) mass is 389 g/mol. The number of amides is 2. The molecule has 0 fully saturated rings. The van der Waals surface area contributed by atoms with Gasteiger partial charge in [0, 0.05) is 36.4 Å². The maximum atomic E-state index is 11.8. The van der Waals surface area contributed by atoms with E-state index in [4.69, 9.17) is 0 Å². The Morgan fingerprint density at radius 3 is 2.50 bits per heavy atom. The Morgan fingerprint density at radius 2 is 1.79 bits per heavy atom. The molecule has 2 N–H and O–H groups in total. The minimum atomic E-state index is -0.148. The van der Waals surface area contributed by atoms with Gasteiger partial charge in [0.25, 0.3) is 5.91 Å². The zero-order valence-electron chi connectivity index (χ0n) is 13.3. The van der Waals surface area contributed by atoms with E-state index in [1.807, 2.05) is 24.3 Å². The smallest absolute Gasteiger partial charge is 0.252 e. The zero-order valence-corrected chi connectivity index (χ0v) is 14.9. The minimum Gasteiger partial charge on any atom is -0.356 e. The molecule has 0 bridgehead atoms. The van der Waals surface area contributed by atoms with Gasteiger partial charge in [-0.05, 0) is 42.7 Å². The molecule has 24 heavy (non-hydrogen) atoms. The largest absolute Gasteiger partial charge is 0.356 e. The highest BCUT2D eigenvalue weighted by atomic mass is 79.9. The van der Waals surface area contributed by atoms with Crippen LogP contribution in [0.3, 0.4) is 0 Å². The van der Waals surface area contributed by atoms with Crippen LogP contribution in [0.1, 0.15) is 28.8 Å². The van der Waals surface area contributed by atoms with Gasteiger partial charge in [-0.3, -0.25) is 14.6 Å². The molecule has 1 heterocycles. The Labute approximate surface area is 150 Å².